The van der Waals surface area contributed by atoms with Crippen LogP contribution in [0.4, 0.5) is 0 Å². The van der Waals surface area contributed by atoms with Crippen molar-refractivity contribution >= 4 is 14.6 Å². The number of aldehydes is 1. The van der Waals surface area contributed by atoms with Crippen molar-refractivity contribution in [3.05, 3.63) is 12.2 Å². The van der Waals surface area contributed by atoms with Gasteiger partial charge in [-0.2, -0.15) is 0 Å². The Morgan fingerprint density at radius 1 is 1.27 bits per heavy atom. The smallest absolute Gasteiger partial charge is 0.191 e. The van der Waals surface area contributed by atoms with Gasteiger partial charge in [-0.15, -0.1) is 0 Å². The highest BCUT2D eigenvalue weighted by molar-refractivity contribution is 6.74. The average molecular weight is 228 g/mol. The monoisotopic (exact) mass is 228 g/mol. The van der Waals surface area contributed by atoms with E-state index in [4.69, 9.17) is 4.43 Å². The minimum absolute atomic E-state index is 0.283. The lowest BCUT2D eigenvalue weighted by Crippen LogP contribution is -2.40. The van der Waals surface area contributed by atoms with Crippen LogP contribution in [0.2, 0.25) is 18.1 Å². The molecule has 0 aliphatic carbocycles. The molecule has 0 radical (unpaired) electrons. The standard InChI is InChI=1S/C12H24O2Si/c1-12(2,3)15(4,5)14-11-9-7-6-8-10-13/h6,8,10H,7,9,11H2,1-5H3. The Balaban J connectivity index is 3.76. The fourth-order valence-electron chi connectivity index (χ4n) is 0.897. The van der Waals surface area contributed by atoms with Crippen LogP contribution in [-0.4, -0.2) is 21.2 Å². The number of hydrogen-bond donors (Lipinski definition) is 0. The van der Waals surface area contributed by atoms with Crippen molar-refractivity contribution in [2.75, 3.05) is 6.61 Å². The lowest BCUT2D eigenvalue weighted by molar-refractivity contribution is -0.104. The van der Waals surface area contributed by atoms with Crippen LogP contribution in [0.15, 0.2) is 12.2 Å². The molecule has 0 aromatic heterocycles. The predicted octanol–water partition coefficient (Wildman–Crippen LogP) is 3.54. The SMILES string of the molecule is CC(C)(C)[Si](C)(C)OCCCC=CC=O. The molecule has 0 saturated heterocycles. The second kappa shape index (κ2) is 6.23. The van der Waals surface area contributed by atoms with Crippen LogP contribution < -0.4 is 0 Å². The molecule has 0 bridgehead atoms. The summed E-state index contributed by atoms with van der Waals surface area (Å²) < 4.78 is 5.99. The average Bonchev–Trinajstić information content (AvgIpc) is 2.09. The van der Waals surface area contributed by atoms with Crippen LogP contribution in [0.3, 0.4) is 0 Å². The molecule has 0 fully saturated rings. The summed E-state index contributed by atoms with van der Waals surface area (Å²) >= 11 is 0. The van der Waals surface area contributed by atoms with E-state index in [9.17, 15) is 4.79 Å². The summed E-state index contributed by atoms with van der Waals surface area (Å²) in [5.41, 5.74) is 0. The van der Waals surface area contributed by atoms with Crippen molar-refractivity contribution in [3.8, 4) is 0 Å². The predicted molar refractivity (Wildman–Crippen MR) is 67.6 cm³/mol. The van der Waals surface area contributed by atoms with Gasteiger partial charge in [0.1, 0.15) is 6.29 Å². The largest absolute Gasteiger partial charge is 0.417 e. The maximum atomic E-state index is 10.0. The number of rotatable bonds is 6. The minimum atomic E-state index is -1.57. The van der Waals surface area contributed by atoms with Crippen LogP contribution in [0.5, 0.6) is 0 Å². The second-order valence-corrected chi connectivity index (χ2v) is 10.1. The number of allylic oxidation sites excluding steroid dienone is 2. The van der Waals surface area contributed by atoms with Crippen LogP contribution in [-0.2, 0) is 9.22 Å². The molecule has 0 rings (SSSR count). The zero-order valence-corrected chi connectivity index (χ0v) is 11.7. The molecule has 0 amide bonds. The molecule has 0 N–H and O–H groups in total. The summed E-state index contributed by atoms with van der Waals surface area (Å²) in [7, 11) is -1.57. The Morgan fingerprint density at radius 3 is 2.33 bits per heavy atom. The van der Waals surface area contributed by atoms with Crippen molar-refractivity contribution in [1.29, 1.82) is 0 Å². The van der Waals surface area contributed by atoms with E-state index >= 15 is 0 Å². The van der Waals surface area contributed by atoms with Crippen molar-refractivity contribution in [1.82, 2.24) is 0 Å². The highest BCUT2D eigenvalue weighted by atomic mass is 28.4. The van der Waals surface area contributed by atoms with E-state index in [1.165, 1.54) is 0 Å². The Kier molecular flexibility index (Phi) is 6.06. The summed E-state index contributed by atoms with van der Waals surface area (Å²) in [6.07, 6.45) is 6.17. The van der Waals surface area contributed by atoms with E-state index in [2.05, 4.69) is 33.9 Å². The van der Waals surface area contributed by atoms with E-state index in [1.54, 1.807) is 6.08 Å². The van der Waals surface area contributed by atoms with Crippen molar-refractivity contribution in [3.63, 3.8) is 0 Å². The third-order valence-electron chi connectivity index (χ3n) is 3.00. The lowest BCUT2D eigenvalue weighted by Gasteiger charge is -2.36. The molecule has 0 aromatic rings. The number of carbonyl (C=O) groups is 1. The van der Waals surface area contributed by atoms with E-state index in [-0.39, 0.29) is 5.04 Å². The first-order chi connectivity index (χ1) is 6.81. The third-order valence-corrected chi connectivity index (χ3v) is 7.54. The second-order valence-electron chi connectivity index (χ2n) is 5.32. The molecule has 0 unspecified atom stereocenters. The maximum Gasteiger partial charge on any atom is 0.191 e. The van der Waals surface area contributed by atoms with Gasteiger partial charge in [-0.05, 0) is 37.0 Å². The molecule has 0 aliphatic rings. The first kappa shape index (κ1) is 14.6. The number of carbonyl (C=O) groups excluding carboxylic acids is 1. The van der Waals surface area contributed by atoms with Gasteiger partial charge in [-0.25, -0.2) is 0 Å². The highest BCUT2D eigenvalue weighted by Crippen LogP contribution is 2.36. The van der Waals surface area contributed by atoms with E-state index in [0.29, 0.717) is 0 Å². The maximum absolute atomic E-state index is 10.0. The number of hydrogen-bond acceptors (Lipinski definition) is 2. The fourth-order valence-corrected chi connectivity index (χ4v) is 1.98. The van der Waals surface area contributed by atoms with E-state index < -0.39 is 8.32 Å². The molecule has 0 spiro atoms. The van der Waals surface area contributed by atoms with Crippen molar-refractivity contribution < 1.29 is 9.22 Å². The highest BCUT2D eigenvalue weighted by Gasteiger charge is 2.36. The molecule has 2 nitrogen and oxygen atoms in total. The normalized spacial score (nSPS) is 13.4. The Hall–Kier alpha value is -0.413. The van der Waals surface area contributed by atoms with Crippen LogP contribution in [0, 0.1) is 0 Å². The summed E-state index contributed by atoms with van der Waals surface area (Å²) in [6.45, 7) is 12.0. The topological polar surface area (TPSA) is 26.3 Å². The van der Waals surface area contributed by atoms with Crippen molar-refractivity contribution in [2.24, 2.45) is 0 Å². The molecule has 88 valence electrons. The van der Waals surface area contributed by atoms with E-state index in [1.807, 2.05) is 6.08 Å². The molecule has 3 heteroatoms. The van der Waals surface area contributed by atoms with Gasteiger partial charge in [-0.3, -0.25) is 4.79 Å². The zero-order chi connectivity index (χ0) is 11.9. The van der Waals surface area contributed by atoms with Gasteiger partial charge < -0.3 is 4.43 Å². The van der Waals surface area contributed by atoms with Gasteiger partial charge >= 0.3 is 0 Å². The molecular weight excluding hydrogens is 204 g/mol. The lowest BCUT2D eigenvalue weighted by atomic mass is 10.2. The first-order valence-electron chi connectivity index (χ1n) is 5.55. The van der Waals surface area contributed by atoms with Gasteiger partial charge in [0.15, 0.2) is 8.32 Å². The molecule has 0 heterocycles. The summed E-state index contributed by atoms with van der Waals surface area (Å²) in [4.78, 5) is 10.0. The minimum Gasteiger partial charge on any atom is -0.417 e. The Morgan fingerprint density at radius 2 is 1.87 bits per heavy atom. The third kappa shape index (κ3) is 5.90. The Labute approximate surface area is 94.8 Å². The summed E-state index contributed by atoms with van der Waals surface area (Å²) in [5.74, 6) is 0. The molecule has 0 atom stereocenters. The summed E-state index contributed by atoms with van der Waals surface area (Å²) in [5, 5.41) is 0.283. The molecule has 15 heavy (non-hydrogen) atoms. The van der Waals surface area contributed by atoms with Crippen LogP contribution in [0.25, 0.3) is 0 Å². The fraction of sp³-hybridized carbons (Fsp3) is 0.750. The van der Waals surface area contributed by atoms with Gasteiger partial charge in [-0.1, -0.05) is 26.8 Å². The number of unbranched alkanes of at least 4 members (excludes halogenated alkanes) is 1. The van der Waals surface area contributed by atoms with Crippen LogP contribution >= 0.6 is 0 Å². The van der Waals surface area contributed by atoms with Crippen LogP contribution in [0.1, 0.15) is 33.6 Å². The molecule has 0 aliphatic heterocycles. The Bertz CT molecular complexity index is 214. The summed E-state index contributed by atoms with van der Waals surface area (Å²) in [6, 6.07) is 0. The first-order valence-corrected chi connectivity index (χ1v) is 8.46. The van der Waals surface area contributed by atoms with Gasteiger partial charge in [0.05, 0.1) is 0 Å². The van der Waals surface area contributed by atoms with Gasteiger partial charge in [0, 0.05) is 6.61 Å². The van der Waals surface area contributed by atoms with Gasteiger partial charge in [0.2, 0.25) is 0 Å². The van der Waals surface area contributed by atoms with Gasteiger partial charge in [0.25, 0.3) is 0 Å². The molecule has 0 saturated carbocycles. The van der Waals surface area contributed by atoms with E-state index in [0.717, 1.165) is 25.7 Å². The molecule has 0 aromatic carbocycles. The zero-order valence-electron chi connectivity index (χ0n) is 10.7. The quantitative estimate of drug-likeness (QED) is 0.301. The molecular formula is C12H24O2Si. The van der Waals surface area contributed by atoms with Crippen molar-refractivity contribution in [2.45, 2.75) is 51.7 Å².